The van der Waals surface area contributed by atoms with Crippen LogP contribution < -0.4 is 0 Å². The fourth-order valence-electron chi connectivity index (χ4n) is 7.73. The van der Waals surface area contributed by atoms with Crippen LogP contribution in [0.4, 0.5) is 0 Å². The lowest BCUT2D eigenvalue weighted by atomic mass is 9.84. The molecular formula is C48H30O. The number of benzene rings is 9. The number of hydrogen-bond acceptors (Lipinski definition) is 1. The van der Waals surface area contributed by atoms with Crippen molar-refractivity contribution in [1.29, 1.82) is 0 Å². The van der Waals surface area contributed by atoms with Crippen molar-refractivity contribution in [3.63, 3.8) is 0 Å². The summed E-state index contributed by atoms with van der Waals surface area (Å²) in [6, 6.07) is 63.0. The summed E-state index contributed by atoms with van der Waals surface area (Å²) >= 11 is 0. The van der Waals surface area contributed by atoms with Crippen LogP contribution >= 0.6 is 0 Å². The van der Waals surface area contributed by atoms with Crippen molar-refractivity contribution in [2.45, 2.75) is 0 Å². The molecule has 1 aromatic heterocycles. The normalized spacial score (nSPS) is 12.0. The van der Waals surface area contributed by atoms with Gasteiger partial charge in [0, 0.05) is 10.8 Å². The highest BCUT2D eigenvalue weighted by atomic mass is 16.3. The molecule has 0 aliphatic rings. The summed E-state index contributed by atoms with van der Waals surface area (Å²) in [6.45, 7) is 0. The summed E-state index contributed by atoms with van der Waals surface area (Å²) in [5, 5.41) is 9.35. The summed E-state index contributed by atoms with van der Waals surface area (Å²) in [5.74, 6) is 0. The highest BCUT2D eigenvalue weighted by Crippen LogP contribution is 2.47. The summed E-state index contributed by atoms with van der Waals surface area (Å²) in [6.07, 6.45) is 0. The van der Waals surface area contributed by atoms with Gasteiger partial charge in [0.2, 0.25) is 0 Å². The summed E-state index contributed by atoms with van der Waals surface area (Å²) in [7, 11) is 0. The lowest BCUT2D eigenvalue weighted by molar-refractivity contribution is 0.669. The number of furan rings is 1. The van der Waals surface area contributed by atoms with Gasteiger partial charge >= 0.3 is 0 Å². The van der Waals surface area contributed by atoms with Crippen molar-refractivity contribution in [1.82, 2.24) is 0 Å². The Labute approximate surface area is 285 Å². The molecule has 49 heavy (non-hydrogen) atoms. The third kappa shape index (κ3) is 4.47. The first kappa shape index (κ1) is 26.6. The second kappa shape index (κ2) is 11.1. The van der Waals surface area contributed by atoms with E-state index in [4.69, 9.17) is 5.79 Å². The molecule has 10 aromatic rings. The second-order valence-electron chi connectivity index (χ2n) is 12.8. The van der Waals surface area contributed by atoms with Gasteiger partial charge in [-0.25, -0.2) is 0 Å². The van der Waals surface area contributed by atoms with Crippen molar-refractivity contribution >= 4 is 54.3 Å². The van der Waals surface area contributed by atoms with Gasteiger partial charge < -0.3 is 4.42 Å². The maximum atomic E-state index is 8.02. The number of rotatable bonds is 4. The molecule has 1 nitrogen and oxygen atoms in total. The average Bonchev–Trinajstić information content (AvgIpc) is 3.55. The fraction of sp³-hybridized carbons (Fsp3) is 0. The van der Waals surface area contributed by atoms with E-state index in [2.05, 4.69) is 152 Å². The minimum Gasteiger partial charge on any atom is -0.456 e. The summed E-state index contributed by atoms with van der Waals surface area (Å²) < 4.78 is 14.6. The van der Waals surface area contributed by atoms with Gasteiger partial charge in [0.25, 0.3) is 0 Å². The van der Waals surface area contributed by atoms with Crippen LogP contribution in [-0.4, -0.2) is 0 Å². The van der Waals surface area contributed by atoms with Crippen molar-refractivity contribution in [3.8, 4) is 44.5 Å². The molecule has 0 bridgehead atoms. The smallest absolute Gasteiger partial charge is 0.136 e. The molecule has 0 radical (unpaired) electrons. The molecule has 0 saturated heterocycles. The monoisotopic (exact) mass is 623 g/mol. The van der Waals surface area contributed by atoms with Crippen LogP contribution in [0, 0.1) is 0 Å². The van der Waals surface area contributed by atoms with Gasteiger partial charge in [-0.05, 0) is 107 Å². The first-order valence-electron chi connectivity index (χ1n) is 17.3. The molecule has 0 spiro atoms. The lowest BCUT2D eigenvalue weighted by Gasteiger charge is -2.18. The minimum absolute atomic E-state index is 0.531. The zero-order chi connectivity index (χ0) is 33.2. The van der Waals surface area contributed by atoms with Crippen LogP contribution in [0.15, 0.2) is 186 Å². The first-order chi connectivity index (χ1) is 24.7. The van der Waals surface area contributed by atoms with Crippen LogP contribution in [0.3, 0.4) is 0 Å². The number of fused-ring (bicyclic) bond motifs is 6. The molecule has 0 fully saturated rings. The Morgan fingerprint density at radius 3 is 1.78 bits per heavy atom. The quantitative estimate of drug-likeness (QED) is 0.178. The van der Waals surface area contributed by atoms with Crippen molar-refractivity contribution in [2.24, 2.45) is 0 Å². The second-order valence-corrected chi connectivity index (χ2v) is 12.8. The van der Waals surface area contributed by atoms with Gasteiger partial charge in [0.1, 0.15) is 11.2 Å². The molecule has 0 aliphatic heterocycles. The predicted molar refractivity (Wildman–Crippen MR) is 208 cm³/mol. The van der Waals surface area contributed by atoms with Crippen LogP contribution in [0.2, 0.25) is 0 Å². The lowest BCUT2D eigenvalue weighted by Crippen LogP contribution is -1.91. The average molecular weight is 624 g/mol. The highest BCUT2D eigenvalue weighted by molar-refractivity contribution is 6.25. The molecule has 0 aliphatic carbocycles. The van der Waals surface area contributed by atoms with E-state index < -0.39 is 0 Å². The molecule has 0 N–H and O–H groups in total. The molecule has 228 valence electrons. The Hall–Kier alpha value is -6.44. The van der Waals surface area contributed by atoms with Gasteiger partial charge in [-0.2, -0.15) is 0 Å². The van der Waals surface area contributed by atoms with Crippen molar-refractivity contribution < 1.29 is 5.79 Å². The molecule has 0 unspecified atom stereocenters. The Bertz CT molecular complexity index is 2880. The molecule has 0 atom stereocenters. The molecule has 1 heterocycles. The van der Waals surface area contributed by atoms with E-state index in [9.17, 15) is 0 Å². The van der Waals surface area contributed by atoms with Crippen LogP contribution in [0.5, 0.6) is 0 Å². The van der Waals surface area contributed by atoms with Gasteiger partial charge in [-0.3, -0.25) is 0 Å². The first-order valence-corrected chi connectivity index (χ1v) is 16.8. The third-order valence-electron chi connectivity index (χ3n) is 9.97. The van der Waals surface area contributed by atoms with Gasteiger partial charge in [-0.1, -0.05) is 152 Å². The van der Waals surface area contributed by atoms with E-state index in [0.717, 1.165) is 43.8 Å². The van der Waals surface area contributed by atoms with E-state index in [1.165, 1.54) is 54.9 Å². The molecule has 1 heteroatoms. The van der Waals surface area contributed by atoms with Crippen LogP contribution in [-0.2, 0) is 0 Å². The zero-order valence-electron chi connectivity index (χ0n) is 27.7. The van der Waals surface area contributed by atoms with E-state index >= 15 is 0 Å². The van der Waals surface area contributed by atoms with Crippen molar-refractivity contribution in [2.75, 3.05) is 0 Å². The van der Waals surface area contributed by atoms with Crippen LogP contribution in [0.25, 0.3) is 98.8 Å². The van der Waals surface area contributed by atoms with Crippen molar-refractivity contribution in [3.05, 3.63) is 182 Å². The van der Waals surface area contributed by atoms with E-state index in [-0.39, 0.29) is 0 Å². The Balaban J connectivity index is 1.20. The molecule has 10 rings (SSSR count). The largest absolute Gasteiger partial charge is 0.456 e. The topological polar surface area (TPSA) is 13.1 Å². The minimum atomic E-state index is 0.531. The predicted octanol–water partition coefficient (Wildman–Crippen LogP) is 13.7. The maximum Gasteiger partial charge on any atom is 0.136 e. The summed E-state index contributed by atoms with van der Waals surface area (Å²) in [4.78, 5) is 0. The number of hydrogen-bond donors (Lipinski definition) is 0. The molecule has 0 amide bonds. The van der Waals surface area contributed by atoms with E-state index in [0.29, 0.717) is 6.04 Å². The Morgan fingerprint density at radius 1 is 0.347 bits per heavy atom. The summed E-state index contributed by atoms with van der Waals surface area (Å²) in [5.41, 5.74) is 11.3. The SMILES string of the molecule is [2H]c1ccc2cc(-c3cccc(-c4c5ccccc5c(-c5cccc6oc7cc(-c8ccccc8)ccc7c56)c5ccccc45)c3)ccc2c1. The van der Waals surface area contributed by atoms with E-state index in [1.807, 2.05) is 24.3 Å². The van der Waals surface area contributed by atoms with Gasteiger partial charge in [-0.15, -0.1) is 0 Å². The maximum absolute atomic E-state index is 8.02. The van der Waals surface area contributed by atoms with E-state index in [1.54, 1.807) is 0 Å². The third-order valence-corrected chi connectivity index (χ3v) is 9.97. The molecular weight excluding hydrogens is 593 g/mol. The Kier molecular flexibility index (Phi) is 6.02. The molecule has 9 aromatic carbocycles. The van der Waals surface area contributed by atoms with Crippen LogP contribution in [0.1, 0.15) is 1.37 Å². The van der Waals surface area contributed by atoms with Gasteiger partial charge in [0.05, 0.1) is 1.37 Å². The molecule has 0 saturated carbocycles. The standard InChI is InChI=1S/C48H30O/c1-2-12-31(13-3-1)36-26-27-42-45(30-36)49-44-23-11-22-43(48(42)44)47-40-20-8-6-18-38(40)46(39-19-7-9-21-41(39)47)37-17-10-16-34(29-37)35-25-24-32-14-4-5-15-33(32)28-35/h1-30H/i4D. The fourth-order valence-corrected chi connectivity index (χ4v) is 7.73. The Morgan fingerprint density at radius 2 is 0.980 bits per heavy atom. The highest BCUT2D eigenvalue weighted by Gasteiger charge is 2.20. The zero-order valence-corrected chi connectivity index (χ0v) is 26.7. The van der Waals surface area contributed by atoms with Gasteiger partial charge in [0.15, 0.2) is 0 Å².